The highest BCUT2D eigenvalue weighted by atomic mass is 35.5. The first-order valence-corrected chi connectivity index (χ1v) is 7.93. The summed E-state index contributed by atoms with van der Waals surface area (Å²) in [5.74, 6) is 0.991. The normalized spacial score (nSPS) is 18.8. The molecule has 1 fully saturated rings. The second-order valence-electron chi connectivity index (χ2n) is 5.58. The molecule has 2 heterocycles. The predicted molar refractivity (Wildman–Crippen MR) is 88.5 cm³/mol. The molecule has 1 amide bonds. The molecular weight excluding hydrogens is 316 g/mol. The third kappa shape index (κ3) is 3.90. The highest BCUT2D eigenvalue weighted by molar-refractivity contribution is 6.31. The summed E-state index contributed by atoms with van der Waals surface area (Å²) in [7, 11) is 0. The summed E-state index contributed by atoms with van der Waals surface area (Å²) in [4.78, 5) is 14.4. The lowest BCUT2D eigenvalue weighted by Gasteiger charge is -2.36. The maximum Gasteiger partial charge on any atom is 0.239 e. The van der Waals surface area contributed by atoms with E-state index in [1.165, 1.54) is 0 Å². The van der Waals surface area contributed by atoms with E-state index in [0.29, 0.717) is 11.6 Å². The highest BCUT2D eigenvalue weighted by Crippen LogP contribution is 2.28. The number of halogens is 1. The first kappa shape index (κ1) is 16.0. The van der Waals surface area contributed by atoms with Gasteiger partial charge in [-0.1, -0.05) is 35.0 Å². The van der Waals surface area contributed by atoms with E-state index in [9.17, 15) is 4.79 Å². The predicted octanol–water partition coefficient (Wildman–Crippen LogP) is 2.22. The number of amides is 1. The fourth-order valence-corrected chi connectivity index (χ4v) is 3.04. The van der Waals surface area contributed by atoms with Crippen molar-refractivity contribution in [3.05, 3.63) is 46.7 Å². The smallest absolute Gasteiger partial charge is 0.239 e. The first-order chi connectivity index (χ1) is 11.1. The summed E-state index contributed by atoms with van der Waals surface area (Å²) in [6, 6.07) is 9.52. The van der Waals surface area contributed by atoms with Crippen molar-refractivity contribution in [2.75, 3.05) is 31.5 Å². The Morgan fingerprint density at radius 3 is 3.09 bits per heavy atom. The summed E-state index contributed by atoms with van der Waals surface area (Å²) in [5, 5.41) is 10.6. The van der Waals surface area contributed by atoms with Crippen molar-refractivity contribution in [1.29, 1.82) is 0 Å². The third-order valence-electron chi connectivity index (χ3n) is 3.86. The molecule has 3 rings (SSSR count). The number of benzene rings is 1. The van der Waals surface area contributed by atoms with Gasteiger partial charge in [-0.2, -0.15) is 0 Å². The molecule has 1 saturated heterocycles. The summed E-state index contributed by atoms with van der Waals surface area (Å²) in [5.41, 5.74) is 1.03. The molecular formula is C16H19ClN4O2. The Kier molecular flexibility index (Phi) is 4.95. The van der Waals surface area contributed by atoms with Crippen LogP contribution in [0.25, 0.3) is 0 Å². The van der Waals surface area contributed by atoms with Gasteiger partial charge in [0.2, 0.25) is 5.91 Å². The van der Waals surface area contributed by atoms with Gasteiger partial charge in [0.15, 0.2) is 5.82 Å². The number of aryl methyl sites for hydroxylation is 1. The van der Waals surface area contributed by atoms with Crippen molar-refractivity contribution in [2.24, 2.45) is 0 Å². The number of anilines is 1. The van der Waals surface area contributed by atoms with Gasteiger partial charge in [0, 0.05) is 36.8 Å². The summed E-state index contributed by atoms with van der Waals surface area (Å²) in [6.45, 7) is 4.45. The Morgan fingerprint density at radius 2 is 2.35 bits per heavy atom. The number of rotatable bonds is 4. The molecule has 1 aromatic heterocycles. The maximum atomic E-state index is 12.3. The van der Waals surface area contributed by atoms with Crippen LogP contribution in [0.4, 0.5) is 5.82 Å². The Bertz CT molecular complexity index is 688. The lowest BCUT2D eigenvalue weighted by atomic mass is 10.0. The van der Waals surface area contributed by atoms with Gasteiger partial charge in [-0.05, 0) is 18.6 Å². The van der Waals surface area contributed by atoms with Gasteiger partial charge in [-0.25, -0.2) is 0 Å². The molecule has 1 aliphatic rings. The molecule has 0 bridgehead atoms. The Hall–Kier alpha value is -1.89. The van der Waals surface area contributed by atoms with Crippen molar-refractivity contribution in [3.8, 4) is 0 Å². The number of hydrogen-bond donors (Lipinski definition) is 2. The van der Waals surface area contributed by atoms with Crippen LogP contribution in [0.1, 0.15) is 17.4 Å². The van der Waals surface area contributed by atoms with E-state index in [1.54, 1.807) is 13.0 Å². The van der Waals surface area contributed by atoms with E-state index in [4.69, 9.17) is 16.1 Å². The number of nitrogens with one attached hydrogen (secondary N) is 2. The summed E-state index contributed by atoms with van der Waals surface area (Å²) in [6.07, 6.45) is 0. The molecule has 1 unspecified atom stereocenters. The Labute approximate surface area is 139 Å². The highest BCUT2D eigenvalue weighted by Gasteiger charge is 2.27. The molecule has 2 aromatic rings. The van der Waals surface area contributed by atoms with Gasteiger partial charge >= 0.3 is 0 Å². The third-order valence-corrected chi connectivity index (χ3v) is 4.20. The first-order valence-electron chi connectivity index (χ1n) is 7.56. The van der Waals surface area contributed by atoms with Crippen LogP contribution in [0, 0.1) is 6.92 Å². The minimum absolute atomic E-state index is 0.0715. The molecule has 0 aliphatic carbocycles. The maximum absolute atomic E-state index is 12.3. The van der Waals surface area contributed by atoms with Crippen LogP contribution in [0.5, 0.6) is 0 Å². The number of aromatic nitrogens is 1. The van der Waals surface area contributed by atoms with Crippen LogP contribution in [-0.2, 0) is 4.79 Å². The number of carbonyl (C=O) groups excluding carboxylic acids is 1. The molecule has 1 aliphatic heterocycles. The SMILES string of the molecule is Cc1cc(NC(=O)CN2CCNCC2c2ccccc2Cl)no1. The quantitative estimate of drug-likeness (QED) is 0.897. The van der Waals surface area contributed by atoms with Gasteiger partial charge in [0.1, 0.15) is 5.76 Å². The lowest BCUT2D eigenvalue weighted by molar-refractivity contribution is -0.118. The van der Waals surface area contributed by atoms with Crippen LogP contribution in [0.3, 0.4) is 0 Å². The van der Waals surface area contributed by atoms with Crippen molar-refractivity contribution in [3.63, 3.8) is 0 Å². The summed E-state index contributed by atoms with van der Waals surface area (Å²) >= 11 is 6.31. The van der Waals surface area contributed by atoms with E-state index in [1.807, 2.05) is 24.3 Å². The van der Waals surface area contributed by atoms with Crippen molar-refractivity contribution >= 4 is 23.3 Å². The van der Waals surface area contributed by atoms with Gasteiger partial charge in [-0.15, -0.1) is 0 Å². The van der Waals surface area contributed by atoms with E-state index in [-0.39, 0.29) is 18.5 Å². The fourth-order valence-electron chi connectivity index (χ4n) is 2.78. The zero-order valence-electron chi connectivity index (χ0n) is 12.9. The average molecular weight is 335 g/mol. The zero-order valence-corrected chi connectivity index (χ0v) is 13.6. The van der Waals surface area contributed by atoms with Crippen molar-refractivity contribution < 1.29 is 9.32 Å². The minimum atomic E-state index is -0.114. The Morgan fingerprint density at radius 1 is 1.52 bits per heavy atom. The van der Waals surface area contributed by atoms with Crippen LogP contribution >= 0.6 is 11.6 Å². The fraction of sp³-hybridized carbons (Fsp3) is 0.375. The molecule has 0 saturated carbocycles. The number of piperazine rings is 1. The molecule has 0 radical (unpaired) electrons. The Balaban J connectivity index is 1.69. The minimum Gasteiger partial charge on any atom is -0.360 e. The molecule has 1 atom stereocenters. The molecule has 122 valence electrons. The second-order valence-corrected chi connectivity index (χ2v) is 5.99. The van der Waals surface area contributed by atoms with Crippen LogP contribution in [-0.4, -0.2) is 42.1 Å². The van der Waals surface area contributed by atoms with Gasteiger partial charge < -0.3 is 15.2 Å². The van der Waals surface area contributed by atoms with Gasteiger partial charge in [0.05, 0.1) is 6.54 Å². The van der Waals surface area contributed by atoms with E-state index >= 15 is 0 Å². The van der Waals surface area contributed by atoms with Crippen LogP contribution in [0.15, 0.2) is 34.9 Å². The van der Waals surface area contributed by atoms with E-state index in [2.05, 4.69) is 20.7 Å². The molecule has 1 aromatic carbocycles. The average Bonchev–Trinajstić information content (AvgIpc) is 2.93. The largest absolute Gasteiger partial charge is 0.360 e. The summed E-state index contributed by atoms with van der Waals surface area (Å²) < 4.78 is 4.96. The standard InChI is InChI=1S/C16H19ClN4O2/c1-11-8-15(20-23-11)19-16(22)10-21-7-6-18-9-14(21)12-4-2-3-5-13(12)17/h2-5,8,14,18H,6-7,9-10H2,1H3,(H,19,20,22). The molecule has 7 heteroatoms. The van der Waals surface area contributed by atoms with Crippen molar-refractivity contribution in [1.82, 2.24) is 15.4 Å². The van der Waals surface area contributed by atoms with Crippen LogP contribution < -0.4 is 10.6 Å². The lowest BCUT2D eigenvalue weighted by Crippen LogP contribution is -2.48. The number of carbonyl (C=O) groups is 1. The molecule has 2 N–H and O–H groups in total. The molecule has 0 spiro atoms. The van der Waals surface area contributed by atoms with Gasteiger partial charge in [0.25, 0.3) is 0 Å². The monoisotopic (exact) mass is 334 g/mol. The topological polar surface area (TPSA) is 70.4 Å². The van der Waals surface area contributed by atoms with E-state index in [0.717, 1.165) is 30.2 Å². The van der Waals surface area contributed by atoms with E-state index < -0.39 is 0 Å². The second kappa shape index (κ2) is 7.12. The molecule has 6 nitrogen and oxygen atoms in total. The zero-order chi connectivity index (χ0) is 16.2. The van der Waals surface area contributed by atoms with Gasteiger partial charge in [-0.3, -0.25) is 9.69 Å². The number of hydrogen-bond acceptors (Lipinski definition) is 5. The van der Waals surface area contributed by atoms with Crippen LogP contribution in [0.2, 0.25) is 5.02 Å². The van der Waals surface area contributed by atoms with Crippen molar-refractivity contribution in [2.45, 2.75) is 13.0 Å². The molecule has 23 heavy (non-hydrogen) atoms. The number of nitrogens with zero attached hydrogens (tertiary/aromatic N) is 2.